The molecule has 2 saturated heterocycles. The number of amides is 1. The van der Waals surface area contributed by atoms with Crippen LogP contribution in [0.25, 0.3) is 0 Å². The van der Waals surface area contributed by atoms with Crippen molar-refractivity contribution in [2.24, 2.45) is 0 Å². The molecule has 154 valence electrons. The molecule has 0 bridgehead atoms. The molecule has 0 spiro atoms. The number of piperazine rings is 2. The molecular formula is C22H29N5O2. The third-order valence-electron chi connectivity index (χ3n) is 5.77. The van der Waals surface area contributed by atoms with E-state index in [1.165, 1.54) is 5.69 Å². The lowest BCUT2D eigenvalue weighted by Gasteiger charge is -2.38. The van der Waals surface area contributed by atoms with Gasteiger partial charge in [-0.25, -0.2) is 4.98 Å². The molecule has 1 amide bonds. The lowest BCUT2D eigenvalue weighted by molar-refractivity contribution is -0.132. The molecule has 2 aromatic rings. The van der Waals surface area contributed by atoms with Crippen LogP contribution in [0.3, 0.4) is 0 Å². The molecule has 0 radical (unpaired) electrons. The van der Waals surface area contributed by atoms with Gasteiger partial charge in [-0.1, -0.05) is 6.07 Å². The van der Waals surface area contributed by atoms with Crippen molar-refractivity contribution in [2.45, 2.75) is 0 Å². The number of pyridine rings is 1. The number of hydrogen-bond acceptors (Lipinski definition) is 6. The minimum absolute atomic E-state index is 0.239. The van der Waals surface area contributed by atoms with E-state index in [-0.39, 0.29) is 5.91 Å². The predicted molar refractivity (Wildman–Crippen MR) is 115 cm³/mol. The van der Waals surface area contributed by atoms with E-state index in [0.717, 1.165) is 63.9 Å². The summed E-state index contributed by atoms with van der Waals surface area (Å²) in [6.07, 6.45) is 1.82. The van der Waals surface area contributed by atoms with Crippen LogP contribution in [0.1, 0.15) is 0 Å². The van der Waals surface area contributed by atoms with Crippen LogP contribution in [0.5, 0.6) is 5.75 Å². The second-order valence-corrected chi connectivity index (χ2v) is 7.52. The molecule has 1 aromatic heterocycles. The van der Waals surface area contributed by atoms with Crippen LogP contribution in [0.2, 0.25) is 0 Å². The van der Waals surface area contributed by atoms with Gasteiger partial charge in [0.1, 0.15) is 11.6 Å². The number of ether oxygens (including phenoxy) is 1. The van der Waals surface area contributed by atoms with Gasteiger partial charge in [0.2, 0.25) is 5.91 Å². The van der Waals surface area contributed by atoms with Gasteiger partial charge in [-0.2, -0.15) is 0 Å². The molecule has 7 heteroatoms. The van der Waals surface area contributed by atoms with E-state index >= 15 is 0 Å². The molecule has 1 aromatic carbocycles. The van der Waals surface area contributed by atoms with Gasteiger partial charge in [-0.05, 0) is 36.4 Å². The number of hydrogen-bond donors (Lipinski definition) is 0. The molecule has 2 aliphatic heterocycles. The molecule has 0 N–H and O–H groups in total. The molecule has 0 unspecified atom stereocenters. The summed E-state index contributed by atoms with van der Waals surface area (Å²) in [6.45, 7) is 7.42. The third-order valence-corrected chi connectivity index (χ3v) is 5.77. The van der Waals surface area contributed by atoms with Gasteiger partial charge in [0.15, 0.2) is 0 Å². The number of carbonyl (C=O) groups is 1. The lowest BCUT2D eigenvalue weighted by Crippen LogP contribution is -2.54. The van der Waals surface area contributed by atoms with Gasteiger partial charge in [0.05, 0.1) is 13.7 Å². The van der Waals surface area contributed by atoms with Crippen molar-refractivity contribution in [3.8, 4) is 5.75 Å². The number of rotatable bonds is 5. The zero-order valence-electron chi connectivity index (χ0n) is 17.0. The maximum Gasteiger partial charge on any atom is 0.236 e. The Morgan fingerprint density at radius 2 is 1.59 bits per heavy atom. The Kier molecular flexibility index (Phi) is 6.14. The average Bonchev–Trinajstić information content (AvgIpc) is 2.80. The van der Waals surface area contributed by atoms with Gasteiger partial charge in [0.25, 0.3) is 0 Å². The van der Waals surface area contributed by atoms with Crippen molar-refractivity contribution < 1.29 is 9.53 Å². The van der Waals surface area contributed by atoms with Crippen molar-refractivity contribution in [1.29, 1.82) is 0 Å². The quantitative estimate of drug-likeness (QED) is 0.766. The number of methoxy groups -OCH3 is 1. The Morgan fingerprint density at radius 3 is 2.21 bits per heavy atom. The van der Waals surface area contributed by atoms with E-state index in [1.54, 1.807) is 7.11 Å². The summed E-state index contributed by atoms with van der Waals surface area (Å²) in [4.78, 5) is 26.0. The molecule has 0 saturated carbocycles. The largest absolute Gasteiger partial charge is 0.497 e. The molecule has 7 nitrogen and oxygen atoms in total. The Balaban J connectivity index is 1.22. The van der Waals surface area contributed by atoms with Gasteiger partial charge in [-0.3, -0.25) is 9.69 Å². The number of anilines is 2. The number of aromatic nitrogens is 1. The maximum absolute atomic E-state index is 12.8. The molecule has 3 heterocycles. The number of carbonyl (C=O) groups excluding carboxylic acids is 1. The van der Waals surface area contributed by atoms with Crippen molar-refractivity contribution >= 4 is 17.4 Å². The molecule has 4 rings (SSSR count). The van der Waals surface area contributed by atoms with E-state index in [4.69, 9.17) is 4.74 Å². The maximum atomic E-state index is 12.8. The van der Waals surface area contributed by atoms with Crippen LogP contribution in [-0.2, 0) is 4.79 Å². The van der Waals surface area contributed by atoms with Gasteiger partial charge in [0, 0.05) is 64.2 Å². The van der Waals surface area contributed by atoms with Gasteiger partial charge < -0.3 is 19.4 Å². The van der Waals surface area contributed by atoms with Crippen LogP contribution in [0.15, 0.2) is 48.7 Å². The molecule has 2 aliphatic rings. The van der Waals surface area contributed by atoms with E-state index in [2.05, 4.69) is 31.8 Å². The van der Waals surface area contributed by atoms with E-state index in [0.29, 0.717) is 6.54 Å². The average molecular weight is 396 g/mol. The van der Waals surface area contributed by atoms with Crippen LogP contribution in [0.4, 0.5) is 11.5 Å². The van der Waals surface area contributed by atoms with Crippen molar-refractivity contribution in [1.82, 2.24) is 14.8 Å². The number of nitrogens with zero attached hydrogens (tertiary/aromatic N) is 5. The Hall–Kier alpha value is -2.80. The predicted octanol–water partition coefficient (Wildman–Crippen LogP) is 1.56. The molecule has 0 aliphatic carbocycles. The summed E-state index contributed by atoms with van der Waals surface area (Å²) in [5.41, 5.74) is 1.21. The fourth-order valence-electron chi connectivity index (χ4n) is 3.97. The third kappa shape index (κ3) is 4.79. The summed E-state index contributed by atoms with van der Waals surface area (Å²) in [6, 6.07) is 14.1. The highest BCUT2D eigenvalue weighted by Gasteiger charge is 2.25. The monoisotopic (exact) mass is 395 g/mol. The highest BCUT2D eigenvalue weighted by molar-refractivity contribution is 5.78. The second-order valence-electron chi connectivity index (χ2n) is 7.52. The smallest absolute Gasteiger partial charge is 0.236 e. The minimum atomic E-state index is 0.239. The first-order valence-electron chi connectivity index (χ1n) is 10.3. The first kappa shape index (κ1) is 19.5. The van der Waals surface area contributed by atoms with Crippen LogP contribution in [-0.4, -0.2) is 86.7 Å². The first-order chi connectivity index (χ1) is 14.2. The highest BCUT2D eigenvalue weighted by Crippen LogP contribution is 2.20. The SMILES string of the molecule is COc1ccc(N2CCN(CC(=O)N3CCN(c4ccccn4)CC3)CC2)cc1. The zero-order valence-corrected chi connectivity index (χ0v) is 17.0. The Labute approximate surface area is 172 Å². The van der Waals surface area contributed by atoms with Crippen molar-refractivity contribution in [3.05, 3.63) is 48.7 Å². The van der Waals surface area contributed by atoms with E-state index in [9.17, 15) is 4.79 Å². The van der Waals surface area contributed by atoms with Gasteiger partial charge in [-0.15, -0.1) is 0 Å². The summed E-state index contributed by atoms with van der Waals surface area (Å²) in [5.74, 6) is 2.11. The lowest BCUT2D eigenvalue weighted by atomic mass is 10.2. The fourth-order valence-corrected chi connectivity index (χ4v) is 3.97. The summed E-state index contributed by atoms with van der Waals surface area (Å²) >= 11 is 0. The summed E-state index contributed by atoms with van der Waals surface area (Å²) in [7, 11) is 1.68. The van der Waals surface area contributed by atoms with Gasteiger partial charge >= 0.3 is 0 Å². The normalized spacial score (nSPS) is 18.0. The highest BCUT2D eigenvalue weighted by atomic mass is 16.5. The topological polar surface area (TPSA) is 52.2 Å². The van der Waals surface area contributed by atoms with Crippen LogP contribution >= 0.6 is 0 Å². The zero-order chi connectivity index (χ0) is 20.1. The van der Waals surface area contributed by atoms with Crippen molar-refractivity contribution in [2.75, 3.05) is 75.8 Å². The summed E-state index contributed by atoms with van der Waals surface area (Å²) < 4.78 is 5.23. The van der Waals surface area contributed by atoms with E-state index < -0.39 is 0 Å². The standard InChI is InChI=1S/C22H29N5O2/c1-29-20-7-5-19(6-8-20)25-12-10-24(11-13-25)18-22(28)27-16-14-26(15-17-27)21-4-2-3-9-23-21/h2-9H,10-18H2,1H3. The number of benzene rings is 1. The molecular weight excluding hydrogens is 366 g/mol. The Morgan fingerprint density at radius 1 is 0.897 bits per heavy atom. The fraction of sp³-hybridized carbons (Fsp3) is 0.455. The van der Waals surface area contributed by atoms with Crippen molar-refractivity contribution in [3.63, 3.8) is 0 Å². The Bertz CT molecular complexity index is 783. The first-order valence-corrected chi connectivity index (χ1v) is 10.3. The molecule has 0 atom stereocenters. The molecule has 2 fully saturated rings. The van der Waals surface area contributed by atoms with Crippen LogP contribution in [0, 0.1) is 0 Å². The summed E-state index contributed by atoms with van der Waals surface area (Å²) in [5, 5.41) is 0. The minimum Gasteiger partial charge on any atom is -0.497 e. The molecule has 29 heavy (non-hydrogen) atoms. The van der Waals surface area contributed by atoms with Crippen LogP contribution < -0.4 is 14.5 Å². The second kappa shape index (κ2) is 9.13. The van der Waals surface area contributed by atoms with E-state index in [1.807, 2.05) is 41.4 Å².